The van der Waals surface area contributed by atoms with Crippen LogP contribution in [-0.2, 0) is 5.41 Å². The second-order valence-electron chi connectivity index (χ2n) is 5.04. The average Bonchev–Trinajstić information content (AvgIpc) is 2.15. The average molecular weight is 271 g/mol. The topological polar surface area (TPSA) is 20.2 Å². The van der Waals surface area contributed by atoms with Crippen LogP contribution in [0.3, 0.4) is 0 Å². The number of aliphatic hydroxyl groups excluding tert-OH is 1. The molecule has 0 bridgehead atoms. The number of aliphatic hydroxyl groups is 1. The predicted octanol–water partition coefficient (Wildman–Crippen LogP) is 3.84. The minimum absolute atomic E-state index is 0.129. The molecular formula is C13H19BrO. The van der Waals surface area contributed by atoms with E-state index >= 15 is 0 Å². The largest absolute Gasteiger partial charge is 0.396 e. The van der Waals surface area contributed by atoms with Gasteiger partial charge in [0.2, 0.25) is 0 Å². The fourth-order valence-corrected chi connectivity index (χ4v) is 2.86. The normalized spacial score (nSPS) is 14.0. The van der Waals surface area contributed by atoms with E-state index < -0.39 is 0 Å². The summed E-state index contributed by atoms with van der Waals surface area (Å²) in [7, 11) is 0. The third-order valence-corrected chi connectivity index (χ3v) is 3.53. The highest BCUT2D eigenvalue weighted by Gasteiger charge is 2.20. The molecular weight excluding hydrogens is 252 g/mol. The first-order valence-corrected chi connectivity index (χ1v) is 6.07. The molecule has 1 N–H and O–H groups in total. The highest BCUT2D eigenvalue weighted by molar-refractivity contribution is 9.10. The van der Waals surface area contributed by atoms with Gasteiger partial charge in [0, 0.05) is 17.0 Å². The molecule has 1 aromatic carbocycles. The van der Waals surface area contributed by atoms with Crippen LogP contribution in [0.1, 0.15) is 44.7 Å². The maximum Gasteiger partial charge on any atom is 0.0497 e. The van der Waals surface area contributed by atoms with Crippen molar-refractivity contribution in [2.75, 3.05) is 6.61 Å². The zero-order valence-corrected chi connectivity index (χ0v) is 11.4. The summed E-state index contributed by atoms with van der Waals surface area (Å²) in [6, 6.07) is 6.27. The molecule has 0 aliphatic heterocycles. The van der Waals surface area contributed by atoms with E-state index in [9.17, 15) is 5.11 Å². The summed E-state index contributed by atoms with van der Waals surface area (Å²) < 4.78 is 1.14. The molecule has 1 rings (SSSR count). The van der Waals surface area contributed by atoms with Crippen LogP contribution in [0, 0.1) is 0 Å². The zero-order chi connectivity index (χ0) is 11.6. The van der Waals surface area contributed by atoms with Gasteiger partial charge in [0.25, 0.3) is 0 Å². The minimum Gasteiger partial charge on any atom is -0.396 e. The Balaban J connectivity index is 3.23. The lowest BCUT2D eigenvalue weighted by Crippen LogP contribution is -2.13. The predicted molar refractivity (Wildman–Crippen MR) is 68.3 cm³/mol. The monoisotopic (exact) mass is 270 g/mol. The lowest BCUT2D eigenvalue weighted by Gasteiger charge is -2.23. The van der Waals surface area contributed by atoms with E-state index in [2.05, 4.69) is 54.9 Å². The van der Waals surface area contributed by atoms with Gasteiger partial charge >= 0.3 is 0 Å². The Morgan fingerprint density at radius 1 is 1.33 bits per heavy atom. The van der Waals surface area contributed by atoms with E-state index in [1.807, 2.05) is 6.92 Å². The smallest absolute Gasteiger partial charge is 0.0497 e. The highest BCUT2D eigenvalue weighted by Crippen LogP contribution is 2.34. The molecule has 1 unspecified atom stereocenters. The van der Waals surface area contributed by atoms with Gasteiger partial charge in [-0.2, -0.15) is 0 Å². The third-order valence-electron chi connectivity index (χ3n) is 2.64. The Labute approximate surface area is 101 Å². The molecule has 0 aliphatic rings. The maximum absolute atomic E-state index is 9.19. The van der Waals surface area contributed by atoms with Crippen molar-refractivity contribution in [2.24, 2.45) is 0 Å². The Hall–Kier alpha value is -0.340. The number of hydrogen-bond donors (Lipinski definition) is 1. The van der Waals surface area contributed by atoms with E-state index in [0.29, 0.717) is 0 Å². The fourth-order valence-electron chi connectivity index (χ4n) is 1.61. The molecule has 0 aromatic heterocycles. The third kappa shape index (κ3) is 2.82. The van der Waals surface area contributed by atoms with Gasteiger partial charge in [0.1, 0.15) is 0 Å². The van der Waals surface area contributed by atoms with E-state index in [0.717, 1.165) is 4.47 Å². The van der Waals surface area contributed by atoms with E-state index in [-0.39, 0.29) is 17.9 Å². The Bertz CT molecular complexity index is 339. The summed E-state index contributed by atoms with van der Waals surface area (Å²) in [5, 5.41) is 9.19. The lowest BCUT2D eigenvalue weighted by atomic mass is 9.85. The number of rotatable bonds is 2. The standard InChI is InChI=1S/C13H19BrO/c1-9(8-15)10-6-5-7-11(12(10)14)13(2,3)4/h5-7,9,15H,8H2,1-4H3. The summed E-state index contributed by atoms with van der Waals surface area (Å²) in [6.07, 6.45) is 0. The Morgan fingerprint density at radius 3 is 2.40 bits per heavy atom. The highest BCUT2D eigenvalue weighted by atomic mass is 79.9. The molecule has 1 atom stereocenters. The van der Waals surface area contributed by atoms with Crippen LogP contribution in [0.15, 0.2) is 22.7 Å². The summed E-state index contributed by atoms with van der Waals surface area (Å²) in [6.45, 7) is 8.81. The van der Waals surface area contributed by atoms with Gasteiger partial charge in [-0.15, -0.1) is 0 Å². The summed E-state index contributed by atoms with van der Waals surface area (Å²) in [5.74, 6) is 0.182. The summed E-state index contributed by atoms with van der Waals surface area (Å²) >= 11 is 3.65. The van der Waals surface area contributed by atoms with Crippen molar-refractivity contribution < 1.29 is 5.11 Å². The molecule has 0 aliphatic carbocycles. The van der Waals surface area contributed by atoms with E-state index in [4.69, 9.17) is 0 Å². The van der Waals surface area contributed by atoms with Crippen molar-refractivity contribution in [1.82, 2.24) is 0 Å². The molecule has 0 saturated carbocycles. The summed E-state index contributed by atoms with van der Waals surface area (Å²) in [5.41, 5.74) is 2.61. The van der Waals surface area contributed by atoms with Crippen molar-refractivity contribution >= 4 is 15.9 Å². The van der Waals surface area contributed by atoms with Crippen molar-refractivity contribution in [2.45, 2.75) is 39.0 Å². The van der Waals surface area contributed by atoms with Crippen molar-refractivity contribution in [1.29, 1.82) is 0 Å². The first-order valence-electron chi connectivity index (χ1n) is 5.27. The fraction of sp³-hybridized carbons (Fsp3) is 0.538. The van der Waals surface area contributed by atoms with E-state index in [1.54, 1.807) is 0 Å². The van der Waals surface area contributed by atoms with Gasteiger partial charge in [-0.25, -0.2) is 0 Å². The Morgan fingerprint density at radius 2 is 1.93 bits per heavy atom. The first kappa shape index (κ1) is 12.7. The molecule has 1 nitrogen and oxygen atoms in total. The van der Waals surface area contributed by atoms with Gasteiger partial charge in [0.15, 0.2) is 0 Å². The quantitative estimate of drug-likeness (QED) is 0.866. The van der Waals surface area contributed by atoms with Crippen LogP contribution >= 0.6 is 15.9 Å². The van der Waals surface area contributed by atoms with Gasteiger partial charge < -0.3 is 5.11 Å². The van der Waals surface area contributed by atoms with Gasteiger partial charge in [-0.3, -0.25) is 0 Å². The molecule has 84 valence electrons. The van der Waals surface area contributed by atoms with Gasteiger partial charge in [-0.1, -0.05) is 61.8 Å². The number of benzene rings is 1. The molecule has 0 spiro atoms. The number of halogens is 1. The summed E-state index contributed by atoms with van der Waals surface area (Å²) in [4.78, 5) is 0. The van der Waals surface area contributed by atoms with Crippen LogP contribution in [0.25, 0.3) is 0 Å². The van der Waals surface area contributed by atoms with Gasteiger partial charge in [0.05, 0.1) is 0 Å². The van der Waals surface area contributed by atoms with Crippen LogP contribution in [0.2, 0.25) is 0 Å². The molecule has 2 heteroatoms. The second kappa shape index (κ2) is 4.67. The SMILES string of the molecule is CC(CO)c1cccc(C(C)(C)C)c1Br. The van der Waals surface area contributed by atoms with E-state index in [1.165, 1.54) is 11.1 Å². The van der Waals surface area contributed by atoms with Crippen LogP contribution in [0.4, 0.5) is 0 Å². The second-order valence-corrected chi connectivity index (χ2v) is 5.84. The molecule has 0 amide bonds. The zero-order valence-electron chi connectivity index (χ0n) is 9.84. The van der Waals surface area contributed by atoms with Crippen molar-refractivity contribution in [3.05, 3.63) is 33.8 Å². The van der Waals surface area contributed by atoms with Crippen molar-refractivity contribution in [3.8, 4) is 0 Å². The number of hydrogen-bond acceptors (Lipinski definition) is 1. The molecule has 15 heavy (non-hydrogen) atoms. The Kier molecular flexibility index (Phi) is 3.96. The van der Waals surface area contributed by atoms with Crippen LogP contribution < -0.4 is 0 Å². The molecule has 0 saturated heterocycles. The van der Waals surface area contributed by atoms with Crippen LogP contribution in [0.5, 0.6) is 0 Å². The molecule has 0 fully saturated rings. The van der Waals surface area contributed by atoms with Crippen molar-refractivity contribution in [3.63, 3.8) is 0 Å². The molecule has 0 heterocycles. The first-order chi connectivity index (χ1) is 6.88. The van der Waals surface area contributed by atoms with Crippen LogP contribution in [-0.4, -0.2) is 11.7 Å². The lowest BCUT2D eigenvalue weighted by molar-refractivity contribution is 0.272. The molecule has 1 aromatic rings. The molecule has 0 radical (unpaired) electrons. The van der Waals surface area contributed by atoms with Gasteiger partial charge in [-0.05, 0) is 16.5 Å². The minimum atomic E-state index is 0.129. The maximum atomic E-state index is 9.19.